The van der Waals surface area contributed by atoms with Crippen molar-refractivity contribution in [3.63, 3.8) is 0 Å². The number of carbonyl (C=O) groups is 2. The Morgan fingerprint density at radius 3 is 2.00 bits per heavy atom. The fourth-order valence-corrected chi connectivity index (χ4v) is 3.57. The molecule has 0 spiro atoms. The summed E-state index contributed by atoms with van der Waals surface area (Å²) in [5.74, 6) is 0.889. The van der Waals surface area contributed by atoms with Gasteiger partial charge in [-0.05, 0) is 43.6 Å². The molecule has 1 heterocycles. The first-order chi connectivity index (χ1) is 12.8. The van der Waals surface area contributed by atoms with Gasteiger partial charge in [-0.25, -0.2) is 0 Å². The Morgan fingerprint density at radius 1 is 1.00 bits per heavy atom. The Balaban J connectivity index is 1.88. The third-order valence-electron chi connectivity index (χ3n) is 5.26. The predicted octanol–water partition coefficient (Wildman–Crippen LogP) is 3.09. The van der Waals surface area contributed by atoms with Gasteiger partial charge in [0, 0.05) is 50.6 Å². The van der Waals surface area contributed by atoms with Crippen LogP contribution in [-0.2, 0) is 9.59 Å². The zero-order valence-corrected chi connectivity index (χ0v) is 17.7. The molecule has 1 fully saturated rings. The van der Waals surface area contributed by atoms with Crippen LogP contribution in [0, 0.1) is 5.92 Å². The molecule has 1 aromatic rings. The number of hydrogen-bond donors (Lipinski definition) is 0. The van der Waals surface area contributed by atoms with Gasteiger partial charge in [0.25, 0.3) is 0 Å². The SMILES string of the molecule is CC(C)C(CC(=O)N1CCN(C(=O)CCN(C)C)CC1)c1ccc(Cl)cc1. The zero-order chi connectivity index (χ0) is 20.0. The molecule has 0 aromatic heterocycles. The molecule has 2 amide bonds. The molecule has 0 saturated carbocycles. The van der Waals surface area contributed by atoms with Crippen molar-refractivity contribution in [2.75, 3.05) is 46.8 Å². The maximum absolute atomic E-state index is 12.8. The molecule has 1 aliphatic heterocycles. The van der Waals surface area contributed by atoms with E-state index in [2.05, 4.69) is 13.8 Å². The Labute approximate surface area is 168 Å². The molecular formula is C21H32ClN3O2. The number of rotatable bonds is 7. The zero-order valence-electron chi connectivity index (χ0n) is 16.9. The van der Waals surface area contributed by atoms with E-state index < -0.39 is 0 Å². The van der Waals surface area contributed by atoms with Crippen LogP contribution in [0.2, 0.25) is 5.02 Å². The smallest absolute Gasteiger partial charge is 0.223 e. The average molecular weight is 394 g/mol. The van der Waals surface area contributed by atoms with Gasteiger partial charge in [-0.15, -0.1) is 0 Å². The van der Waals surface area contributed by atoms with Gasteiger partial charge in [0.15, 0.2) is 0 Å². The molecule has 2 rings (SSSR count). The van der Waals surface area contributed by atoms with Crippen LogP contribution in [0.25, 0.3) is 0 Å². The van der Waals surface area contributed by atoms with Crippen LogP contribution in [0.1, 0.15) is 38.2 Å². The summed E-state index contributed by atoms with van der Waals surface area (Å²) in [6.45, 7) is 7.56. The maximum Gasteiger partial charge on any atom is 0.223 e. The first kappa shape index (κ1) is 21.7. The van der Waals surface area contributed by atoms with Gasteiger partial charge < -0.3 is 14.7 Å². The van der Waals surface area contributed by atoms with Crippen molar-refractivity contribution in [1.82, 2.24) is 14.7 Å². The Hall–Kier alpha value is -1.59. The highest BCUT2D eigenvalue weighted by Crippen LogP contribution is 2.29. The molecule has 27 heavy (non-hydrogen) atoms. The third-order valence-corrected chi connectivity index (χ3v) is 5.51. The summed E-state index contributed by atoms with van der Waals surface area (Å²) in [7, 11) is 3.94. The average Bonchev–Trinajstić information content (AvgIpc) is 2.64. The van der Waals surface area contributed by atoms with E-state index in [1.54, 1.807) is 0 Å². The molecule has 0 N–H and O–H groups in total. The topological polar surface area (TPSA) is 43.9 Å². The van der Waals surface area contributed by atoms with Crippen molar-refractivity contribution < 1.29 is 9.59 Å². The molecule has 5 nitrogen and oxygen atoms in total. The standard InChI is InChI=1S/C21H32ClN3O2/c1-16(2)19(17-5-7-18(22)8-6-17)15-21(27)25-13-11-24(12-14-25)20(26)9-10-23(3)4/h5-8,16,19H,9-15H2,1-4H3. The molecule has 0 bridgehead atoms. The summed E-state index contributed by atoms with van der Waals surface area (Å²) in [5.41, 5.74) is 1.15. The maximum atomic E-state index is 12.8. The second-order valence-corrected chi connectivity index (χ2v) is 8.36. The van der Waals surface area contributed by atoms with Gasteiger partial charge in [-0.3, -0.25) is 9.59 Å². The van der Waals surface area contributed by atoms with E-state index in [4.69, 9.17) is 11.6 Å². The van der Waals surface area contributed by atoms with Crippen molar-refractivity contribution in [3.05, 3.63) is 34.9 Å². The number of piperazine rings is 1. The first-order valence-electron chi connectivity index (χ1n) is 9.73. The van der Waals surface area contributed by atoms with Crippen LogP contribution < -0.4 is 0 Å². The van der Waals surface area contributed by atoms with Crippen molar-refractivity contribution >= 4 is 23.4 Å². The van der Waals surface area contributed by atoms with Gasteiger partial charge in [0.2, 0.25) is 11.8 Å². The number of hydrogen-bond acceptors (Lipinski definition) is 3. The van der Waals surface area contributed by atoms with E-state index in [0.717, 1.165) is 12.1 Å². The van der Waals surface area contributed by atoms with Crippen LogP contribution >= 0.6 is 11.6 Å². The Bertz CT molecular complexity index is 623. The minimum Gasteiger partial charge on any atom is -0.339 e. The lowest BCUT2D eigenvalue weighted by atomic mass is 9.85. The molecular weight excluding hydrogens is 362 g/mol. The summed E-state index contributed by atoms with van der Waals surface area (Å²) in [6.07, 6.45) is 1.03. The molecule has 1 unspecified atom stereocenters. The quantitative estimate of drug-likeness (QED) is 0.715. The van der Waals surface area contributed by atoms with Crippen LogP contribution in [0.4, 0.5) is 0 Å². The fourth-order valence-electron chi connectivity index (χ4n) is 3.45. The summed E-state index contributed by atoms with van der Waals surface area (Å²) in [6, 6.07) is 7.80. The Morgan fingerprint density at radius 2 is 1.52 bits per heavy atom. The lowest BCUT2D eigenvalue weighted by molar-refractivity contribution is -0.140. The molecule has 6 heteroatoms. The van der Waals surface area contributed by atoms with E-state index in [0.29, 0.717) is 50.0 Å². The number of benzene rings is 1. The van der Waals surface area contributed by atoms with Crippen molar-refractivity contribution in [3.8, 4) is 0 Å². The largest absolute Gasteiger partial charge is 0.339 e. The molecule has 1 atom stereocenters. The molecule has 0 aliphatic carbocycles. The monoisotopic (exact) mass is 393 g/mol. The normalized spacial score (nSPS) is 16.1. The lowest BCUT2D eigenvalue weighted by Gasteiger charge is -2.36. The molecule has 1 aliphatic rings. The van der Waals surface area contributed by atoms with Crippen molar-refractivity contribution in [2.45, 2.75) is 32.6 Å². The van der Waals surface area contributed by atoms with Crippen LogP contribution in [-0.4, -0.2) is 73.3 Å². The highest BCUT2D eigenvalue weighted by atomic mass is 35.5. The van der Waals surface area contributed by atoms with E-state index in [1.807, 2.05) is 53.1 Å². The summed E-state index contributed by atoms with van der Waals surface area (Å²) in [5, 5.41) is 0.711. The van der Waals surface area contributed by atoms with Gasteiger partial charge >= 0.3 is 0 Å². The molecule has 1 saturated heterocycles. The highest BCUT2D eigenvalue weighted by molar-refractivity contribution is 6.30. The minimum absolute atomic E-state index is 0.170. The Kier molecular flexibility index (Phi) is 8.11. The minimum atomic E-state index is 0.170. The second kappa shape index (κ2) is 10.1. The van der Waals surface area contributed by atoms with Crippen LogP contribution in [0.3, 0.4) is 0 Å². The number of amides is 2. The second-order valence-electron chi connectivity index (χ2n) is 7.92. The highest BCUT2D eigenvalue weighted by Gasteiger charge is 2.27. The van der Waals surface area contributed by atoms with Crippen molar-refractivity contribution in [1.29, 1.82) is 0 Å². The van der Waals surface area contributed by atoms with Gasteiger partial charge in [-0.2, -0.15) is 0 Å². The van der Waals surface area contributed by atoms with E-state index in [9.17, 15) is 9.59 Å². The van der Waals surface area contributed by atoms with Crippen molar-refractivity contribution in [2.24, 2.45) is 5.92 Å². The predicted molar refractivity (Wildman–Crippen MR) is 110 cm³/mol. The van der Waals surface area contributed by atoms with E-state index in [-0.39, 0.29) is 17.7 Å². The van der Waals surface area contributed by atoms with E-state index in [1.165, 1.54) is 0 Å². The molecule has 1 aromatic carbocycles. The number of carbonyl (C=O) groups excluding carboxylic acids is 2. The summed E-state index contributed by atoms with van der Waals surface area (Å²) in [4.78, 5) is 30.9. The summed E-state index contributed by atoms with van der Waals surface area (Å²) < 4.78 is 0. The van der Waals surface area contributed by atoms with Crippen LogP contribution in [0.15, 0.2) is 24.3 Å². The number of nitrogens with zero attached hydrogens (tertiary/aromatic N) is 3. The van der Waals surface area contributed by atoms with Crippen LogP contribution in [0.5, 0.6) is 0 Å². The number of halogens is 1. The third kappa shape index (κ3) is 6.51. The van der Waals surface area contributed by atoms with Gasteiger partial charge in [-0.1, -0.05) is 37.6 Å². The molecule has 150 valence electrons. The molecule has 0 radical (unpaired) electrons. The fraction of sp³-hybridized carbons (Fsp3) is 0.619. The summed E-state index contributed by atoms with van der Waals surface area (Å²) >= 11 is 5.99. The lowest BCUT2D eigenvalue weighted by Crippen LogP contribution is -2.51. The van der Waals surface area contributed by atoms with Gasteiger partial charge in [0.05, 0.1) is 0 Å². The van der Waals surface area contributed by atoms with E-state index >= 15 is 0 Å². The van der Waals surface area contributed by atoms with Gasteiger partial charge in [0.1, 0.15) is 0 Å². The first-order valence-corrected chi connectivity index (χ1v) is 10.1.